The summed E-state index contributed by atoms with van der Waals surface area (Å²) in [5.41, 5.74) is 33.0. The van der Waals surface area contributed by atoms with E-state index in [2.05, 4.69) is 98.0 Å². The Balaban J connectivity index is 0.958. The van der Waals surface area contributed by atoms with Crippen molar-refractivity contribution in [3.63, 3.8) is 0 Å². The maximum absolute atomic E-state index is 13.3. The lowest BCUT2D eigenvalue weighted by molar-refractivity contribution is -0.140. The van der Waals surface area contributed by atoms with Crippen LogP contribution in [0.4, 0.5) is 0 Å². The van der Waals surface area contributed by atoms with Gasteiger partial charge in [-0.2, -0.15) is 0 Å². The monoisotopic (exact) mass is 958 g/mol. The molecule has 3 heteroatoms. The van der Waals surface area contributed by atoms with Crippen LogP contribution in [0.5, 0.6) is 0 Å². The van der Waals surface area contributed by atoms with Crippen molar-refractivity contribution in [2.75, 3.05) is 7.11 Å². The van der Waals surface area contributed by atoms with E-state index < -0.39 is 0 Å². The van der Waals surface area contributed by atoms with Crippen LogP contribution in [0.2, 0.25) is 0 Å². The van der Waals surface area contributed by atoms with E-state index >= 15 is 0 Å². The molecule has 13 aliphatic carbocycles. The molecule has 360 valence electrons. The molecule has 12 unspecified atom stereocenters. The molecule has 72 heavy (non-hydrogen) atoms. The number of fused-ring (bicyclic) bond motifs is 5. The number of thiophene rings is 1. The molecule has 12 atom stereocenters. The molecular weight excluding hydrogens is 893 g/mol. The Bertz CT molecular complexity index is 3570. The lowest BCUT2D eigenvalue weighted by atomic mass is 9.55. The molecule has 2 spiro atoms. The van der Waals surface area contributed by atoms with E-state index in [4.69, 9.17) is 4.74 Å². The molecule has 0 amide bonds. The highest BCUT2D eigenvalue weighted by molar-refractivity contribution is 7.12. The highest BCUT2D eigenvalue weighted by Crippen LogP contribution is 3.01. The van der Waals surface area contributed by atoms with Gasteiger partial charge in [-0.1, -0.05) is 99.3 Å². The first-order chi connectivity index (χ1) is 35.4. The van der Waals surface area contributed by atoms with Crippen LogP contribution >= 0.6 is 11.3 Å². The van der Waals surface area contributed by atoms with E-state index in [9.17, 15) is 4.79 Å². The first-order valence-electron chi connectivity index (χ1n) is 29.4. The zero-order chi connectivity index (χ0) is 47.1. The van der Waals surface area contributed by atoms with E-state index in [-0.39, 0.29) is 22.2 Å². The zero-order valence-electron chi connectivity index (χ0n) is 42.6. The van der Waals surface area contributed by atoms with E-state index in [1.807, 2.05) is 72.2 Å². The lowest BCUT2D eigenvalue weighted by Gasteiger charge is -2.48. The topological polar surface area (TPSA) is 26.3 Å². The standard InChI is InChI=1S/C69H66O2S/c1-4-5-6-13-19-38-22-28-47(72-38)68(29-14-20-48(70)71-3)65-67-33-46-42-27-26-41-40-25-24-39-34(2)30-44-50(39)51(40)57-52(41)56(42)63(69(46,65)68)61-58(57)54(44)55-45-32-66(36-15-9-7-10-16-36,37-17-11-8-12-18-37)31-35-21-23-43-53(49(35)45)60(59(55)61)64(67)62(43)67/h7-12,15-18,22,28,34-35,39-41,43,62,64-65H,4-6,13-14,19-21,23-27,29-33H2,1-3H3. The minimum Gasteiger partial charge on any atom is -0.469 e. The molecule has 6 aromatic rings. The van der Waals surface area contributed by atoms with Crippen LogP contribution in [-0.4, -0.2) is 13.1 Å². The largest absolute Gasteiger partial charge is 0.469 e. The summed E-state index contributed by atoms with van der Waals surface area (Å²) in [6.45, 7) is 5.00. The third-order valence-electron chi connectivity index (χ3n) is 24.7. The van der Waals surface area contributed by atoms with Crippen molar-refractivity contribution in [2.24, 2.45) is 23.2 Å². The average molecular weight is 959 g/mol. The minimum absolute atomic E-state index is 0.0263. The Labute approximate surface area is 429 Å². The molecule has 0 N–H and O–H groups in total. The molecule has 19 rings (SSSR count). The Kier molecular flexibility index (Phi) is 7.35. The quantitative estimate of drug-likeness (QED) is 0.0901. The van der Waals surface area contributed by atoms with Gasteiger partial charge >= 0.3 is 5.97 Å². The van der Waals surface area contributed by atoms with Crippen molar-refractivity contribution in [3.8, 4) is 22.3 Å². The van der Waals surface area contributed by atoms with E-state index in [0.717, 1.165) is 25.2 Å². The molecule has 1 aromatic heterocycles. The van der Waals surface area contributed by atoms with E-state index in [0.29, 0.717) is 59.2 Å². The van der Waals surface area contributed by atoms with Gasteiger partial charge in [-0.15, -0.1) is 11.3 Å². The third-order valence-corrected chi connectivity index (χ3v) is 26.0. The fourth-order valence-corrected chi connectivity index (χ4v) is 24.4. The van der Waals surface area contributed by atoms with Crippen molar-refractivity contribution in [2.45, 2.75) is 181 Å². The maximum Gasteiger partial charge on any atom is 0.305 e. The summed E-state index contributed by atoms with van der Waals surface area (Å²) >= 11 is 2.23. The summed E-state index contributed by atoms with van der Waals surface area (Å²) in [5.74, 6) is 6.03. The number of carbonyl (C=O) groups is 1. The first kappa shape index (κ1) is 40.6. The van der Waals surface area contributed by atoms with Crippen LogP contribution < -0.4 is 0 Å². The van der Waals surface area contributed by atoms with Gasteiger partial charge in [0.15, 0.2) is 0 Å². The molecule has 0 radical (unpaired) electrons. The molecule has 3 fully saturated rings. The number of benzene rings is 5. The highest BCUT2D eigenvalue weighted by Gasteiger charge is 2.97. The number of ether oxygens (including phenoxy) is 1. The van der Waals surface area contributed by atoms with Gasteiger partial charge in [-0.05, 0) is 266 Å². The van der Waals surface area contributed by atoms with Crippen LogP contribution in [0.3, 0.4) is 0 Å². The lowest BCUT2D eigenvalue weighted by Crippen LogP contribution is -2.39. The van der Waals surface area contributed by atoms with Crippen molar-refractivity contribution in [1.29, 1.82) is 0 Å². The van der Waals surface area contributed by atoms with Crippen LogP contribution in [0.15, 0.2) is 78.4 Å². The number of hydrogen-bond donors (Lipinski definition) is 0. The Morgan fingerprint density at radius 3 is 2.29 bits per heavy atom. The second-order valence-corrected chi connectivity index (χ2v) is 27.8. The smallest absolute Gasteiger partial charge is 0.305 e. The Hall–Kier alpha value is -4.73. The van der Waals surface area contributed by atoms with Gasteiger partial charge in [-0.25, -0.2) is 0 Å². The van der Waals surface area contributed by atoms with Crippen LogP contribution in [-0.2, 0) is 45.0 Å². The number of allylic oxidation sites excluding steroid dienone is 2. The number of esters is 1. The molecule has 0 saturated heterocycles. The van der Waals surface area contributed by atoms with Gasteiger partial charge in [0.1, 0.15) is 0 Å². The van der Waals surface area contributed by atoms with Crippen molar-refractivity contribution < 1.29 is 9.53 Å². The molecule has 5 aromatic carbocycles. The summed E-state index contributed by atoms with van der Waals surface area (Å²) in [6.07, 6.45) is 22.0. The van der Waals surface area contributed by atoms with Gasteiger partial charge in [-0.3, -0.25) is 4.79 Å². The number of methoxy groups -OCH3 is 1. The molecule has 3 saturated carbocycles. The Morgan fingerprint density at radius 2 is 1.49 bits per heavy atom. The number of aryl methyl sites for hydroxylation is 1. The number of carbonyl (C=O) groups excluding carboxylic acids is 1. The predicted octanol–water partition coefficient (Wildman–Crippen LogP) is 16.7. The van der Waals surface area contributed by atoms with Gasteiger partial charge in [0.05, 0.1) is 7.11 Å². The number of rotatable bonds is 12. The molecule has 1 heterocycles. The van der Waals surface area contributed by atoms with Crippen LogP contribution in [0.25, 0.3) is 38.6 Å². The van der Waals surface area contributed by atoms with Gasteiger partial charge in [0, 0.05) is 32.4 Å². The SMILES string of the molecule is CCCCCCc1ccc(C2(CCCC(=O)OC)C3C45CC6=C7CCC8c9c7c(c7c%10c(c%11c%12c(c9%10)C8CCC%12C(C)C%11)-c8c9c%10c%11c(c8-7)C4C5C%11CCC%10CC(c4ccccc4)(c4ccccc4)C9)C632)s1. The molecule has 13 aliphatic rings. The van der Waals surface area contributed by atoms with Crippen molar-refractivity contribution in [3.05, 3.63) is 155 Å². The minimum atomic E-state index is -0.0727. The fourth-order valence-electron chi connectivity index (χ4n) is 23.1. The second kappa shape index (κ2) is 13.0. The molecule has 2 nitrogen and oxygen atoms in total. The van der Waals surface area contributed by atoms with Crippen molar-refractivity contribution >= 4 is 33.7 Å². The van der Waals surface area contributed by atoms with Gasteiger partial charge in [0.2, 0.25) is 0 Å². The molecule has 2 bridgehead atoms. The van der Waals surface area contributed by atoms with Crippen LogP contribution in [0, 0.1) is 23.2 Å². The maximum atomic E-state index is 13.3. The van der Waals surface area contributed by atoms with Crippen LogP contribution in [0.1, 0.15) is 222 Å². The fraction of sp³-hybridized carbons (Fsp3) is 0.493. The summed E-state index contributed by atoms with van der Waals surface area (Å²) < 4.78 is 5.47. The summed E-state index contributed by atoms with van der Waals surface area (Å²) in [4.78, 5) is 16.6. The number of hydrogen-bond acceptors (Lipinski definition) is 3. The summed E-state index contributed by atoms with van der Waals surface area (Å²) in [6, 6.07) is 29.1. The third kappa shape index (κ3) is 4.04. The second-order valence-electron chi connectivity index (χ2n) is 26.6. The summed E-state index contributed by atoms with van der Waals surface area (Å²) in [7, 11) is 1.61. The molecular formula is C69H66O2S. The average Bonchev–Trinajstić information content (AvgIpc) is 3.92. The van der Waals surface area contributed by atoms with E-state index in [1.54, 1.807) is 44.5 Å². The zero-order valence-corrected chi connectivity index (χ0v) is 43.4. The normalized spacial score (nSPS) is 35.5. The molecule has 0 aliphatic heterocycles. The van der Waals surface area contributed by atoms with Crippen molar-refractivity contribution in [1.82, 2.24) is 0 Å². The van der Waals surface area contributed by atoms with Gasteiger partial charge in [0.25, 0.3) is 0 Å². The summed E-state index contributed by atoms with van der Waals surface area (Å²) in [5, 5.41) is 3.59. The van der Waals surface area contributed by atoms with Gasteiger partial charge < -0.3 is 4.74 Å². The highest BCUT2D eigenvalue weighted by atomic mass is 32.1. The van der Waals surface area contributed by atoms with E-state index in [1.165, 1.54) is 101 Å². The number of unbranched alkanes of at least 4 members (excludes halogenated alkanes) is 3. The predicted molar refractivity (Wildman–Crippen MR) is 290 cm³/mol. The Morgan fingerprint density at radius 1 is 0.694 bits per heavy atom. The first-order valence-corrected chi connectivity index (χ1v) is 30.2.